The van der Waals surface area contributed by atoms with E-state index in [1.807, 2.05) is 0 Å². The Bertz CT molecular complexity index is 869. The van der Waals surface area contributed by atoms with Crippen molar-refractivity contribution < 1.29 is 0 Å². The lowest BCUT2D eigenvalue weighted by molar-refractivity contribution is 0.709. The highest BCUT2D eigenvalue weighted by molar-refractivity contribution is 5.72. The number of nitrogens with zero attached hydrogens (tertiary/aromatic N) is 6. The van der Waals surface area contributed by atoms with Crippen LogP contribution in [0.2, 0.25) is 0 Å². The van der Waals surface area contributed by atoms with Gasteiger partial charge in [-0.15, -0.1) is 10.2 Å². The standard InChI is InChI=1S/C9H11N9O2/c1-17-6-5(7(19)18(2)9(17)20)11-8(12-6)10-3-4-13-15-16-14-4/h3H2,1-2H3,(H2,10,11,12)(H,13,14,15,16). The number of anilines is 1. The molecule has 0 bridgehead atoms. The molecule has 0 fully saturated rings. The zero-order valence-electron chi connectivity index (χ0n) is 10.7. The predicted molar refractivity (Wildman–Crippen MR) is 68.1 cm³/mol. The summed E-state index contributed by atoms with van der Waals surface area (Å²) >= 11 is 0. The zero-order chi connectivity index (χ0) is 14.3. The Morgan fingerprint density at radius 3 is 2.75 bits per heavy atom. The van der Waals surface area contributed by atoms with Crippen molar-refractivity contribution >= 4 is 17.1 Å². The molecule has 0 aliphatic heterocycles. The summed E-state index contributed by atoms with van der Waals surface area (Å²) in [5.41, 5.74) is -0.319. The van der Waals surface area contributed by atoms with Crippen molar-refractivity contribution in [2.45, 2.75) is 6.54 Å². The third-order valence-electron chi connectivity index (χ3n) is 2.90. The summed E-state index contributed by atoms with van der Waals surface area (Å²) in [7, 11) is 2.96. The molecule has 3 N–H and O–H groups in total. The molecule has 0 saturated heterocycles. The van der Waals surface area contributed by atoms with E-state index < -0.39 is 11.2 Å². The van der Waals surface area contributed by atoms with Gasteiger partial charge in [0.05, 0.1) is 6.54 Å². The fourth-order valence-corrected chi connectivity index (χ4v) is 1.83. The van der Waals surface area contributed by atoms with Crippen molar-refractivity contribution in [1.29, 1.82) is 0 Å². The molecule has 11 heteroatoms. The lowest BCUT2D eigenvalue weighted by atomic mass is 10.5. The molecule has 0 radical (unpaired) electrons. The van der Waals surface area contributed by atoms with Crippen LogP contribution in [0, 0.1) is 0 Å². The predicted octanol–water partition coefficient (Wildman–Crippen LogP) is -1.91. The number of H-pyrrole nitrogens is 2. The van der Waals surface area contributed by atoms with Crippen LogP contribution in [0.3, 0.4) is 0 Å². The number of aromatic amines is 2. The summed E-state index contributed by atoms with van der Waals surface area (Å²) in [5.74, 6) is 0.801. The second-order valence-electron chi connectivity index (χ2n) is 4.17. The highest BCUT2D eigenvalue weighted by atomic mass is 16.2. The number of imidazole rings is 1. The van der Waals surface area contributed by atoms with Gasteiger partial charge in [-0.2, -0.15) is 10.2 Å². The number of rotatable bonds is 3. The van der Waals surface area contributed by atoms with Gasteiger partial charge in [0.15, 0.2) is 17.0 Å². The van der Waals surface area contributed by atoms with E-state index in [1.54, 1.807) is 7.05 Å². The molecule has 104 valence electrons. The highest BCUT2D eigenvalue weighted by Gasteiger charge is 2.13. The van der Waals surface area contributed by atoms with Crippen LogP contribution < -0.4 is 16.6 Å². The van der Waals surface area contributed by atoms with Gasteiger partial charge in [0, 0.05) is 14.1 Å². The first-order valence-electron chi connectivity index (χ1n) is 5.70. The molecule has 0 saturated carbocycles. The van der Waals surface area contributed by atoms with E-state index in [1.165, 1.54) is 11.6 Å². The van der Waals surface area contributed by atoms with Crippen molar-refractivity contribution in [1.82, 2.24) is 39.7 Å². The topological polar surface area (TPSA) is 139 Å². The van der Waals surface area contributed by atoms with Gasteiger partial charge in [0.1, 0.15) is 0 Å². The van der Waals surface area contributed by atoms with Crippen LogP contribution in [0.25, 0.3) is 11.2 Å². The smallest absolute Gasteiger partial charge is 0.332 e. The second-order valence-corrected chi connectivity index (χ2v) is 4.17. The van der Waals surface area contributed by atoms with Gasteiger partial charge in [0.25, 0.3) is 5.56 Å². The molecule has 0 amide bonds. The van der Waals surface area contributed by atoms with E-state index in [0.29, 0.717) is 11.8 Å². The summed E-state index contributed by atoms with van der Waals surface area (Å²) in [5, 5.41) is 16.2. The first-order valence-corrected chi connectivity index (χ1v) is 5.70. The average molecular weight is 277 g/mol. The van der Waals surface area contributed by atoms with Crippen molar-refractivity contribution in [3.63, 3.8) is 0 Å². The normalized spacial score (nSPS) is 11.1. The molecule has 0 aromatic carbocycles. The van der Waals surface area contributed by atoms with Gasteiger partial charge < -0.3 is 10.3 Å². The summed E-state index contributed by atoms with van der Waals surface area (Å²) in [6, 6.07) is 0. The van der Waals surface area contributed by atoms with Crippen LogP contribution in [0.5, 0.6) is 0 Å². The monoisotopic (exact) mass is 277 g/mol. The second kappa shape index (κ2) is 4.29. The number of hydrogen-bond donors (Lipinski definition) is 3. The molecule has 3 rings (SSSR count). The first-order chi connectivity index (χ1) is 9.58. The van der Waals surface area contributed by atoms with Crippen molar-refractivity contribution in [2.75, 3.05) is 5.32 Å². The molecule has 11 nitrogen and oxygen atoms in total. The number of hydrogen-bond acceptors (Lipinski definition) is 7. The van der Waals surface area contributed by atoms with E-state index in [2.05, 4.69) is 35.9 Å². The van der Waals surface area contributed by atoms with E-state index in [0.717, 1.165) is 4.57 Å². The van der Waals surface area contributed by atoms with E-state index in [4.69, 9.17) is 0 Å². The summed E-state index contributed by atoms with van der Waals surface area (Å²) < 4.78 is 2.32. The molecule has 20 heavy (non-hydrogen) atoms. The number of fused-ring (bicyclic) bond motifs is 1. The minimum absolute atomic E-state index is 0.255. The first kappa shape index (κ1) is 12.1. The lowest BCUT2D eigenvalue weighted by Gasteiger charge is -2.00. The van der Waals surface area contributed by atoms with E-state index >= 15 is 0 Å². The molecule has 0 aliphatic carbocycles. The summed E-state index contributed by atoms with van der Waals surface area (Å²) in [6.07, 6.45) is 0. The SMILES string of the molecule is Cn1c(=O)c2[nH]c(NCc3nn[nH]n3)nc2n(C)c1=O. The Morgan fingerprint density at radius 1 is 1.25 bits per heavy atom. The fourth-order valence-electron chi connectivity index (χ4n) is 1.83. The number of aromatic nitrogens is 8. The molecule has 3 aromatic rings. The van der Waals surface area contributed by atoms with Gasteiger partial charge in [0.2, 0.25) is 5.95 Å². The van der Waals surface area contributed by atoms with Gasteiger partial charge in [-0.3, -0.25) is 13.9 Å². The average Bonchev–Trinajstić information content (AvgIpc) is 3.09. The number of aryl methyl sites for hydroxylation is 1. The maximum Gasteiger partial charge on any atom is 0.332 e. The molecule has 3 heterocycles. The van der Waals surface area contributed by atoms with E-state index in [-0.39, 0.29) is 17.7 Å². The Hall–Kier alpha value is -2.98. The minimum Gasteiger partial charge on any atom is -0.348 e. The van der Waals surface area contributed by atoms with Gasteiger partial charge in [-0.05, 0) is 0 Å². The quantitative estimate of drug-likeness (QED) is 0.507. The molecule has 0 spiro atoms. The third kappa shape index (κ3) is 1.75. The van der Waals surface area contributed by atoms with Crippen molar-refractivity contribution in [3.8, 4) is 0 Å². The van der Waals surface area contributed by atoms with Crippen LogP contribution in [-0.4, -0.2) is 39.7 Å². The molecular formula is C9H11N9O2. The molecule has 0 unspecified atom stereocenters. The third-order valence-corrected chi connectivity index (χ3v) is 2.90. The zero-order valence-corrected chi connectivity index (χ0v) is 10.7. The maximum atomic E-state index is 12.0. The number of nitrogens with one attached hydrogen (secondary N) is 3. The minimum atomic E-state index is -0.432. The van der Waals surface area contributed by atoms with Crippen molar-refractivity contribution in [2.24, 2.45) is 14.1 Å². The molecule has 3 aromatic heterocycles. The lowest BCUT2D eigenvalue weighted by Crippen LogP contribution is -2.36. The fraction of sp³-hybridized carbons (Fsp3) is 0.333. The van der Waals surface area contributed by atoms with Gasteiger partial charge in [-0.1, -0.05) is 5.21 Å². The molecule has 0 aliphatic rings. The van der Waals surface area contributed by atoms with Gasteiger partial charge >= 0.3 is 5.69 Å². The maximum absolute atomic E-state index is 12.0. The molecular weight excluding hydrogens is 266 g/mol. The van der Waals surface area contributed by atoms with Crippen LogP contribution >= 0.6 is 0 Å². The van der Waals surface area contributed by atoms with Gasteiger partial charge in [-0.25, -0.2) is 4.79 Å². The Labute approximate surface area is 110 Å². The molecule has 0 atom stereocenters. The van der Waals surface area contributed by atoms with Crippen LogP contribution in [0.15, 0.2) is 9.59 Å². The summed E-state index contributed by atoms with van der Waals surface area (Å²) in [4.78, 5) is 30.7. The van der Waals surface area contributed by atoms with E-state index in [9.17, 15) is 9.59 Å². The Kier molecular flexibility index (Phi) is 2.59. The highest BCUT2D eigenvalue weighted by Crippen LogP contribution is 2.08. The number of tetrazole rings is 1. The van der Waals surface area contributed by atoms with Crippen LogP contribution in [0.4, 0.5) is 5.95 Å². The van der Waals surface area contributed by atoms with Crippen molar-refractivity contribution in [3.05, 3.63) is 26.7 Å². The van der Waals surface area contributed by atoms with Crippen LogP contribution in [0.1, 0.15) is 5.82 Å². The largest absolute Gasteiger partial charge is 0.348 e. The Balaban J connectivity index is 2.03. The summed E-state index contributed by atoms with van der Waals surface area (Å²) in [6.45, 7) is 0.282. The van der Waals surface area contributed by atoms with Crippen LogP contribution in [-0.2, 0) is 20.6 Å². The Morgan fingerprint density at radius 2 is 2.05 bits per heavy atom.